The zero-order chi connectivity index (χ0) is 15.5. The molecule has 8 heteroatoms. The van der Waals surface area contributed by atoms with Gasteiger partial charge in [0.25, 0.3) is 5.91 Å². The Balaban J connectivity index is 3.01. The van der Waals surface area contributed by atoms with Crippen LogP contribution < -0.4 is 16.4 Å². The summed E-state index contributed by atoms with van der Waals surface area (Å²) in [5.41, 5.74) is 4.09. The Morgan fingerprint density at radius 3 is 2.40 bits per heavy atom. The van der Waals surface area contributed by atoms with Crippen molar-refractivity contribution in [2.45, 2.75) is 19.1 Å². The number of nitrogens with two attached hydrogens (primary N) is 1. The third-order valence-corrected chi connectivity index (χ3v) is 2.61. The van der Waals surface area contributed by atoms with Gasteiger partial charge in [-0.2, -0.15) is 13.2 Å². The Morgan fingerprint density at radius 2 is 1.90 bits per heavy atom. The summed E-state index contributed by atoms with van der Waals surface area (Å²) in [5, 5.41) is 4.57. The van der Waals surface area contributed by atoms with Crippen LogP contribution in [0.3, 0.4) is 0 Å². The molecule has 1 rings (SSSR count). The number of amides is 2. The summed E-state index contributed by atoms with van der Waals surface area (Å²) in [7, 11) is 1.38. The summed E-state index contributed by atoms with van der Waals surface area (Å²) in [5.74, 6) is -1.31. The number of carbonyl (C=O) groups is 2. The van der Waals surface area contributed by atoms with E-state index in [2.05, 4.69) is 10.6 Å². The summed E-state index contributed by atoms with van der Waals surface area (Å²) in [6.45, 7) is 1.40. The van der Waals surface area contributed by atoms with Crippen LogP contribution in [0.15, 0.2) is 18.2 Å². The molecule has 20 heavy (non-hydrogen) atoms. The fourth-order valence-electron chi connectivity index (χ4n) is 1.49. The Hall–Kier alpha value is -2.25. The number of likely N-dealkylation sites (N-methyl/N-ethyl adjacent to an activating group) is 1. The summed E-state index contributed by atoms with van der Waals surface area (Å²) in [6.07, 6.45) is -4.57. The van der Waals surface area contributed by atoms with Gasteiger partial charge in [0.15, 0.2) is 0 Å². The van der Waals surface area contributed by atoms with E-state index in [0.29, 0.717) is 6.07 Å². The summed E-state index contributed by atoms with van der Waals surface area (Å²) in [6, 6.07) is 1.55. The predicted octanol–water partition coefficient (Wildman–Crippen LogP) is 1.15. The molecule has 0 aromatic heterocycles. The molecule has 4 N–H and O–H groups in total. The quantitative estimate of drug-likeness (QED) is 0.730. The number of anilines is 1. The molecule has 0 bridgehead atoms. The van der Waals surface area contributed by atoms with Gasteiger partial charge in [-0.15, -0.1) is 0 Å². The van der Waals surface area contributed by atoms with E-state index in [0.717, 1.165) is 12.1 Å². The first-order valence-electron chi connectivity index (χ1n) is 5.66. The van der Waals surface area contributed by atoms with Crippen molar-refractivity contribution in [2.24, 2.45) is 0 Å². The second-order valence-electron chi connectivity index (χ2n) is 4.11. The lowest BCUT2D eigenvalue weighted by Crippen LogP contribution is -2.43. The zero-order valence-electron chi connectivity index (χ0n) is 10.8. The van der Waals surface area contributed by atoms with E-state index >= 15 is 0 Å². The number of carbonyl (C=O) groups excluding carboxylic acids is 2. The van der Waals surface area contributed by atoms with Crippen LogP contribution in [0, 0.1) is 0 Å². The SMILES string of the molecule is CNC(=O)C(C)NC(=O)c1cc(C(F)(F)F)ccc1N. The maximum atomic E-state index is 12.6. The molecule has 0 saturated heterocycles. The smallest absolute Gasteiger partial charge is 0.398 e. The van der Waals surface area contributed by atoms with E-state index in [9.17, 15) is 22.8 Å². The number of rotatable bonds is 3. The van der Waals surface area contributed by atoms with Gasteiger partial charge in [-0.1, -0.05) is 0 Å². The molecule has 0 aliphatic carbocycles. The van der Waals surface area contributed by atoms with E-state index in [-0.39, 0.29) is 11.3 Å². The lowest BCUT2D eigenvalue weighted by molar-refractivity contribution is -0.137. The van der Waals surface area contributed by atoms with Gasteiger partial charge in [0, 0.05) is 12.7 Å². The first-order chi connectivity index (χ1) is 9.16. The number of alkyl halides is 3. The molecule has 0 saturated carbocycles. The molecule has 110 valence electrons. The van der Waals surface area contributed by atoms with Gasteiger partial charge in [-0.05, 0) is 25.1 Å². The van der Waals surface area contributed by atoms with Crippen molar-refractivity contribution in [1.82, 2.24) is 10.6 Å². The van der Waals surface area contributed by atoms with Crippen LogP contribution in [0.25, 0.3) is 0 Å². The summed E-state index contributed by atoms with van der Waals surface area (Å²) < 4.78 is 37.7. The lowest BCUT2D eigenvalue weighted by atomic mass is 10.1. The number of nitrogen functional groups attached to an aromatic ring is 1. The Bertz CT molecular complexity index is 529. The molecule has 1 aromatic rings. The lowest BCUT2D eigenvalue weighted by Gasteiger charge is -2.14. The molecule has 1 aromatic carbocycles. The van der Waals surface area contributed by atoms with Crippen molar-refractivity contribution in [2.75, 3.05) is 12.8 Å². The second kappa shape index (κ2) is 5.81. The van der Waals surface area contributed by atoms with Crippen LogP contribution in [0.5, 0.6) is 0 Å². The van der Waals surface area contributed by atoms with Crippen LogP contribution in [0.1, 0.15) is 22.8 Å². The van der Waals surface area contributed by atoms with E-state index in [1.54, 1.807) is 0 Å². The molecular formula is C12H14F3N3O2. The molecule has 0 spiro atoms. The molecule has 0 heterocycles. The van der Waals surface area contributed by atoms with Crippen molar-refractivity contribution >= 4 is 17.5 Å². The largest absolute Gasteiger partial charge is 0.416 e. The van der Waals surface area contributed by atoms with Gasteiger partial charge in [0.1, 0.15) is 6.04 Å². The van der Waals surface area contributed by atoms with Gasteiger partial charge >= 0.3 is 6.18 Å². The third-order valence-electron chi connectivity index (χ3n) is 2.61. The first kappa shape index (κ1) is 15.8. The first-order valence-corrected chi connectivity index (χ1v) is 5.66. The fraction of sp³-hybridized carbons (Fsp3) is 0.333. The Kier molecular flexibility index (Phi) is 4.59. The van der Waals surface area contributed by atoms with Crippen LogP contribution in [0.4, 0.5) is 18.9 Å². The number of hydrogen-bond donors (Lipinski definition) is 3. The number of benzene rings is 1. The number of nitrogens with one attached hydrogen (secondary N) is 2. The summed E-state index contributed by atoms with van der Waals surface area (Å²) >= 11 is 0. The van der Waals surface area contributed by atoms with Crippen molar-refractivity contribution in [3.8, 4) is 0 Å². The second-order valence-corrected chi connectivity index (χ2v) is 4.11. The van der Waals surface area contributed by atoms with Gasteiger partial charge in [0.2, 0.25) is 5.91 Å². The minimum Gasteiger partial charge on any atom is -0.398 e. The molecule has 0 aliphatic heterocycles. The molecule has 0 aliphatic rings. The zero-order valence-corrected chi connectivity index (χ0v) is 10.8. The predicted molar refractivity (Wildman–Crippen MR) is 66.9 cm³/mol. The monoisotopic (exact) mass is 289 g/mol. The van der Waals surface area contributed by atoms with Gasteiger partial charge in [-0.25, -0.2) is 0 Å². The highest BCUT2D eigenvalue weighted by atomic mass is 19.4. The Labute approximate surface area is 113 Å². The van der Waals surface area contributed by atoms with E-state index in [4.69, 9.17) is 5.73 Å². The number of hydrogen-bond acceptors (Lipinski definition) is 3. The standard InChI is InChI=1S/C12H14F3N3O2/c1-6(10(19)17-2)18-11(20)8-5-7(12(13,14)15)3-4-9(8)16/h3-6H,16H2,1-2H3,(H,17,19)(H,18,20). The molecular weight excluding hydrogens is 275 g/mol. The molecule has 5 nitrogen and oxygen atoms in total. The van der Waals surface area contributed by atoms with Crippen molar-refractivity contribution in [3.63, 3.8) is 0 Å². The van der Waals surface area contributed by atoms with Crippen molar-refractivity contribution in [1.29, 1.82) is 0 Å². The van der Waals surface area contributed by atoms with E-state index in [1.807, 2.05) is 0 Å². The van der Waals surface area contributed by atoms with Gasteiger partial charge in [0.05, 0.1) is 11.1 Å². The van der Waals surface area contributed by atoms with Gasteiger partial charge in [-0.3, -0.25) is 9.59 Å². The number of halogens is 3. The molecule has 2 amide bonds. The van der Waals surface area contributed by atoms with Crippen LogP contribution in [-0.2, 0) is 11.0 Å². The maximum absolute atomic E-state index is 12.6. The van der Waals surface area contributed by atoms with Crippen LogP contribution in [-0.4, -0.2) is 24.9 Å². The maximum Gasteiger partial charge on any atom is 0.416 e. The molecule has 1 atom stereocenters. The van der Waals surface area contributed by atoms with E-state index < -0.39 is 29.6 Å². The van der Waals surface area contributed by atoms with Crippen molar-refractivity contribution < 1.29 is 22.8 Å². The average molecular weight is 289 g/mol. The Morgan fingerprint density at radius 1 is 1.30 bits per heavy atom. The average Bonchev–Trinajstić information content (AvgIpc) is 2.36. The van der Waals surface area contributed by atoms with Crippen LogP contribution in [0.2, 0.25) is 0 Å². The minimum absolute atomic E-state index is 0.0976. The highest BCUT2D eigenvalue weighted by molar-refractivity contribution is 6.01. The highest BCUT2D eigenvalue weighted by Crippen LogP contribution is 2.31. The van der Waals surface area contributed by atoms with Gasteiger partial charge < -0.3 is 16.4 Å². The third kappa shape index (κ3) is 3.62. The normalized spacial score (nSPS) is 12.7. The summed E-state index contributed by atoms with van der Waals surface area (Å²) in [4.78, 5) is 23.1. The molecule has 1 unspecified atom stereocenters. The van der Waals surface area contributed by atoms with Crippen molar-refractivity contribution in [3.05, 3.63) is 29.3 Å². The minimum atomic E-state index is -4.57. The molecule has 0 fully saturated rings. The molecule has 0 radical (unpaired) electrons. The van der Waals surface area contributed by atoms with Crippen LogP contribution >= 0.6 is 0 Å². The fourth-order valence-corrected chi connectivity index (χ4v) is 1.49. The van der Waals surface area contributed by atoms with E-state index in [1.165, 1.54) is 14.0 Å². The topological polar surface area (TPSA) is 84.2 Å². The highest BCUT2D eigenvalue weighted by Gasteiger charge is 2.31.